The zero-order valence-electron chi connectivity index (χ0n) is 64.2. The molecule has 118 heavy (non-hydrogen) atoms. The van der Waals surface area contributed by atoms with Gasteiger partial charge in [0.25, 0.3) is 5.89 Å². The number of carbonyl (C=O) groups excluding carboxylic acids is 3. The molecule has 0 atom stereocenters. The second kappa shape index (κ2) is 36.5. The summed E-state index contributed by atoms with van der Waals surface area (Å²) < 4.78 is 81.9. The molecular weight excluding hydrogens is 1600 g/mol. The van der Waals surface area contributed by atoms with Crippen molar-refractivity contribution in [1.29, 1.82) is 0 Å². The van der Waals surface area contributed by atoms with Crippen LogP contribution in [0, 0.1) is 44.0 Å². The van der Waals surface area contributed by atoms with Gasteiger partial charge in [-0.25, -0.2) is 52.4 Å². The predicted octanol–water partition coefficient (Wildman–Crippen LogP) is 14.7. The number of rotatable bonds is 24. The Bertz CT molecular complexity index is 5830. The van der Waals surface area contributed by atoms with Crippen LogP contribution in [0.5, 0.6) is 0 Å². The summed E-state index contributed by atoms with van der Waals surface area (Å²) in [5.74, 6) is -2.48. The molecule has 15 aromatic rings. The van der Waals surface area contributed by atoms with E-state index in [1.165, 1.54) is 147 Å². The minimum absolute atomic E-state index is 0.0269. The molecule has 3 amide bonds. The Labute approximate surface area is 688 Å². The highest BCUT2D eigenvalue weighted by Gasteiger charge is 2.25. The molecule has 606 valence electrons. The van der Waals surface area contributed by atoms with Crippen molar-refractivity contribution in [2.24, 2.45) is 0 Å². The van der Waals surface area contributed by atoms with Crippen LogP contribution in [-0.2, 0) is 53.4 Å². The zero-order chi connectivity index (χ0) is 81.2. The van der Waals surface area contributed by atoms with Crippen molar-refractivity contribution in [2.75, 3.05) is 71.2 Å². The van der Waals surface area contributed by atoms with E-state index in [9.17, 15) is 31.9 Å². The van der Waals surface area contributed by atoms with Gasteiger partial charge in [-0.1, -0.05) is 25.3 Å². The molecule has 0 spiro atoms. The van der Waals surface area contributed by atoms with Crippen molar-refractivity contribution in [1.82, 2.24) is 101 Å². The third-order valence-corrected chi connectivity index (χ3v) is 22.9. The summed E-state index contributed by atoms with van der Waals surface area (Å²) in [4.78, 5) is 86.0. The number of aryl methyl sites for hydroxylation is 3. The topological polar surface area (TPSA) is 345 Å². The smallest absolute Gasteiger partial charge is 0.266 e. The first-order valence-electron chi connectivity index (χ1n) is 38.3. The second-order valence-corrected chi connectivity index (χ2v) is 32.2. The van der Waals surface area contributed by atoms with Crippen molar-refractivity contribution in [3.8, 4) is 33.5 Å². The van der Waals surface area contributed by atoms with Gasteiger partial charge in [0.2, 0.25) is 23.6 Å². The Hall–Kier alpha value is -12.3. The highest BCUT2D eigenvalue weighted by Crippen LogP contribution is 2.35. The summed E-state index contributed by atoms with van der Waals surface area (Å²) in [6.45, 7) is 14.9. The monoisotopic (exact) mass is 1670 g/mol. The minimum atomic E-state index is -1.10. The van der Waals surface area contributed by atoms with Crippen LogP contribution in [-0.4, -0.2) is 158 Å². The molecule has 0 aliphatic carbocycles. The van der Waals surface area contributed by atoms with Crippen LogP contribution in [0.2, 0.25) is 0 Å². The van der Waals surface area contributed by atoms with Crippen molar-refractivity contribution in [2.45, 2.75) is 118 Å². The number of hydrogen-bond donors (Lipinski definition) is 6. The van der Waals surface area contributed by atoms with E-state index in [0.717, 1.165) is 142 Å². The van der Waals surface area contributed by atoms with E-state index >= 15 is 0 Å². The second-order valence-electron chi connectivity index (χ2n) is 28.6. The van der Waals surface area contributed by atoms with Gasteiger partial charge in [0, 0.05) is 61.7 Å². The van der Waals surface area contributed by atoms with Crippen LogP contribution in [0.15, 0.2) is 140 Å². The zero-order valence-corrected chi connectivity index (χ0v) is 67.5. The fourth-order valence-corrected chi connectivity index (χ4v) is 17.0. The number of carbonyl (C=O) groups is 3. The molecule has 14 aromatic heterocycles. The molecule has 3 saturated heterocycles. The molecule has 31 nitrogen and oxygen atoms in total. The van der Waals surface area contributed by atoms with E-state index < -0.39 is 35.1 Å². The molecule has 3 aliphatic heterocycles. The molecule has 17 heterocycles. The number of likely N-dealkylation sites (tertiary alicyclic amines) is 3. The third-order valence-electron chi connectivity index (χ3n) is 19.5. The number of benzene rings is 1. The Morgan fingerprint density at radius 3 is 1.45 bits per heavy atom. The lowest BCUT2D eigenvalue weighted by atomic mass is 10.1. The fraction of sp³-hybridized carbons (Fsp3) is 0.304. The van der Waals surface area contributed by atoms with Gasteiger partial charge in [-0.2, -0.15) is 13.1 Å². The molecule has 39 heteroatoms. The van der Waals surface area contributed by atoms with Gasteiger partial charge in [-0.05, 0) is 188 Å². The van der Waals surface area contributed by atoms with Gasteiger partial charge in [0.1, 0.15) is 39.4 Å². The van der Waals surface area contributed by atoms with E-state index in [1.54, 1.807) is 23.2 Å². The molecular formula is C79H79F4N27O4S4. The number of nitrogens with zero attached hydrogens (tertiary/aromatic N) is 21. The van der Waals surface area contributed by atoms with Crippen LogP contribution in [0.25, 0.3) is 50.5 Å². The van der Waals surface area contributed by atoms with Crippen LogP contribution in [0.4, 0.5) is 67.1 Å². The summed E-state index contributed by atoms with van der Waals surface area (Å²) in [5.41, 5.74) is 10.1. The van der Waals surface area contributed by atoms with Gasteiger partial charge < -0.3 is 40.9 Å². The third kappa shape index (κ3) is 19.5. The quantitative estimate of drug-likeness (QED) is 0.0306. The standard InChI is InChI=1S/C27H27F2N9OS.C27H27FN8OS2.C25H25FN10O2S/c1-17-12-38-22(21-14-37(16-31-21)15-23(39)33-20-7-5-6-19(28)25(20)29)11-30-27(38)26(32-17)34-24-10-18(35-40-24)13-36-8-3-2-4-9-36;1-17-15-36-22(23-6-5-19(38-23)12-24(37)32-21-7-8-29-13-20(21)28)14-30-27(36)26(31-17)33-25-11-18(34-39-25)16-35-9-3-2-4-10-35;1-15-13-36-19(25-33-32-21(38-25)10-20(37)30-18-5-6-27-11-17(18)26)12-28-24(36)23(29-15)31-22-9-16(34-39-22)14-35-7-3-2-4-8-35/h5-7,10-12,14,16H,2-4,8-9,13,15H2,1H3,(H,32,34)(H,33,39);5-8,11,13-15H,2-4,9-10,12,16H2,1H3,(H,31,33)(H,29,32,37);5-6,9,11-13H,2-4,7-8,10,14H2,1H3,(H,29,31)(H,27,30,37). The predicted molar refractivity (Wildman–Crippen MR) is 443 cm³/mol. The summed E-state index contributed by atoms with van der Waals surface area (Å²) in [5, 5.41) is 28.4. The molecule has 0 bridgehead atoms. The van der Waals surface area contributed by atoms with Crippen molar-refractivity contribution in [3.05, 3.63) is 203 Å². The van der Waals surface area contributed by atoms with E-state index in [4.69, 9.17) is 9.40 Å². The summed E-state index contributed by atoms with van der Waals surface area (Å²) >= 11 is 5.73. The number of halogens is 4. The molecule has 3 fully saturated rings. The van der Waals surface area contributed by atoms with E-state index in [-0.39, 0.29) is 54.1 Å². The van der Waals surface area contributed by atoms with Gasteiger partial charge in [0.05, 0.1) is 111 Å². The van der Waals surface area contributed by atoms with Gasteiger partial charge in [0.15, 0.2) is 57.7 Å². The summed E-state index contributed by atoms with van der Waals surface area (Å²) in [6, 6.07) is 16.5. The maximum Gasteiger partial charge on any atom is 0.266 e. The number of amides is 3. The lowest BCUT2D eigenvalue weighted by Crippen LogP contribution is -2.29. The van der Waals surface area contributed by atoms with Gasteiger partial charge in [-0.3, -0.25) is 52.3 Å². The van der Waals surface area contributed by atoms with Gasteiger partial charge >= 0.3 is 0 Å². The average Bonchev–Trinajstić information content (AvgIpc) is 1.63. The van der Waals surface area contributed by atoms with Crippen LogP contribution in [0.3, 0.4) is 0 Å². The Morgan fingerprint density at radius 2 is 0.941 bits per heavy atom. The van der Waals surface area contributed by atoms with Crippen molar-refractivity contribution in [3.63, 3.8) is 0 Å². The highest BCUT2D eigenvalue weighted by atomic mass is 32.1. The number of hydrogen-bond acceptors (Lipinski definition) is 28. The van der Waals surface area contributed by atoms with Crippen molar-refractivity contribution >= 4 is 130 Å². The molecule has 18 rings (SSSR count). The molecule has 0 saturated carbocycles. The first-order chi connectivity index (χ1) is 57.5. The van der Waals surface area contributed by atoms with E-state index in [0.29, 0.717) is 51.5 Å². The Morgan fingerprint density at radius 1 is 0.475 bits per heavy atom. The van der Waals surface area contributed by atoms with Crippen LogP contribution >= 0.6 is 45.9 Å². The number of pyridine rings is 2. The Kier molecular flexibility index (Phi) is 24.6. The number of anilines is 9. The maximum atomic E-state index is 13.9. The summed E-state index contributed by atoms with van der Waals surface area (Å²) in [7, 11) is 0. The number of fused-ring (bicyclic) bond motifs is 3. The van der Waals surface area contributed by atoms with E-state index in [1.807, 2.05) is 70.9 Å². The lowest BCUT2D eigenvalue weighted by molar-refractivity contribution is -0.117. The summed E-state index contributed by atoms with van der Waals surface area (Å²) in [6.07, 6.45) is 30.2. The minimum Gasteiger partial charge on any atom is -0.419 e. The maximum absolute atomic E-state index is 13.9. The number of piperidine rings is 3. The number of nitrogens with one attached hydrogen (secondary N) is 6. The lowest BCUT2D eigenvalue weighted by Gasteiger charge is -2.25. The number of aromatic nitrogens is 18. The fourth-order valence-electron chi connectivity index (χ4n) is 14.0. The largest absolute Gasteiger partial charge is 0.419 e. The molecule has 0 unspecified atom stereocenters. The molecule has 0 radical (unpaired) electrons. The van der Waals surface area contributed by atoms with Gasteiger partial charge in [-0.15, -0.1) is 21.5 Å². The number of imidazole rings is 4. The first kappa shape index (κ1) is 79.6. The van der Waals surface area contributed by atoms with Crippen LogP contribution in [0.1, 0.15) is 103 Å². The first-order valence-corrected chi connectivity index (χ1v) is 41.5. The van der Waals surface area contributed by atoms with Crippen LogP contribution < -0.4 is 31.9 Å². The normalized spacial score (nSPS) is 14.1. The molecule has 1 aromatic carbocycles. The van der Waals surface area contributed by atoms with Crippen molar-refractivity contribution < 1.29 is 36.4 Å². The molecule has 3 aliphatic rings. The van der Waals surface area contributed by atoms with E-state index in [2.05, 4.69) is 128 Å². The molecule has 6 N–H and O–H groups in total. The highest BCUT2D eigenvalue weighted by molar-refractivity contribution is 7.15. The number of thiophene rings is 1. The average molecular weight is 1670 g/mol. The Balaban J connectivity index is 0.000000132. The SMILES string of the molecule is Cc1cn2c(-c3ccc(CC(=O)Nc4ccncc4F)s3)cnc2c(Nc2cc(CN3CCCCC3)ns2)n1.Cc1cn2c(-c3cn(CC(=O)Nc4cccc(F)c4F)cn3)cnc2c(Nc2cc(CN3CCCCC3)ns2)n1.Cc1cn2c(-c3nnc(CC(=O)Nc4ccncc4F)o3)cnc2c(Nc2cc(CN3CCCCC3)ns2)n1.